The van der Waals surface area contributed by atoms with Gasteiger partial charge >= 0.3 is 0 Å². The molecule has 0 saturated carbocycles. The van der Waals surface area contributed by atoms with Crippen LogP contribution in [-0.4, -0.2) is 16.3 Å². The van der Waals surface area contributed by atoms with Gasteiger partial charge in [0.05, 0.1) is 5.69 Å². The van der Waals surface area contributed by atoms with Gasteiger partial charge in [-0.3, -0.25) is 9.59 Å². The van der Waals surface area contributed by atoms with E-state index in [0.717, 1.165) is 16.7 Å². The van der Waals surface area contributed by atoms with Crippen LogP contribution in [0, 0.1) is 27.7 Å². The lowest BCUT2D eigenvalue weighted by Gasteiger charge is -2.11. The number of hydrogen-bond donors (Lipinski definition) is 1. The first kappa shape index (κ1) is 18.6. The second-order valence-corrected chi connectivity index (χ2v) is 7.10. The van der Waals surface area contributed by atoms with E-state index in [2.05, 4.69) is 31.3 Å². The van der Waals surface area contributed by atoms with Crippen molar-refractivity contribution in [1.82, 2.24) is 4.57 Å². The minimum absolute atomic E-state index is 0.384. The molecule has 1 N–H and O–H groups in total. The molecule has 27 heavy (non-hydrogen) atoms. The van der Waals surface area contributed by atoms with Gasteiger partial charge in [-0.1, -0.05) is 24.3 Å². The number of aryl methyl sites for hydroxylation is 4. The van der Waals surface area contributed by atoms with Crippen molar-refractivity contribution in [3.05, 3.63) is 88.2 Å². The summed E-state index contributed by atoms with van der Waals surface area (Å²) in [4.78, 5) is 25.1. The molecule has 1 heterocycles. The summed E-state index contributed by atoms with van der Waals surface area (Å²) in [5, 5.41) is 2.72. The summed E-state index contributed by atoms with van der Waals surface area (Å²) >= 11 is 0. The van der Waals surface area contributed by atoms with Crippen molar-refractivity contribution in [1.29, 1.82) is 0 Å². The Labute approximate surface area is 159 Å². The van der Waals surface area contributed by atoms with Gasteiger partial charge in [0.2, 0.25) is 0 Å². The second-order valence-electron chi connectivity index (χ2n) is 7.10. The molecule has 0 aliphatic rings. The largest absolute Gasteiger partial charge is 0.340 e. The van der Waals surface area contributed by atoms with E-state index in [1.807, 2.05) is 48.9 Å². The molecule has 0 fully saturated rings. The van der Waals surface area contributed by atoms with Crippen LogP contribution in [0.2, 0.25) is 0 Å². The number of amides is 1. The fourth-order valence-corrected chi connectivity index (χ4v) is 3.21. The highest BCUT2D eigenvalue weighted by molar-refractivity contribution is 6.46. The van der Waals surface area contributed by atoms with E-state index in [1.54, 1.807) is 12.1 Å². The van der Waals surface area contributed by atoms with Crippen LogP contribution in [0.5, 0.6) is 0 Å². The number of carbonyl (C=O) groups is 2. The fourth-order valence-electron chi connectivity index (χ4n) is 3.21. The molecule has 4 heteroatoms. The lowest BCUT2D eigenvalue weighted by Crippen LogP contribution is -2.25. The number of aromatic nitrogens is 1. The molecule has 138 valence electrons. The van der Waals surface area contributed by atoms with Crippen LogP contribution in [0.3, 0.4) is 0 Å². The Morgan fingerprint density at radius 1 is 0.889 bits per heavy atom. The molecule has 0 aliphatic carbocycles. The monoisotopic (exact) mass is 360 g/mol. The number of anilines is 1. The zero-order chi connectivity index (χ0) is 19.6. The van der Waals surface area contributed by atoms with Crippen LogP contribution < -0.4 is 5.32 Å². The number of ketones is 1. The van der Waals surface area contributed by atoms with Crippen LogP contribution in [0.1, 0.15) is 38.3 Å². The number of nitrogens with zero attached hydrogens (tertiary/aromatic N) is 1. The predicted molar refractivity (Wildman–Crippen MR) is 108 cm³/mol. The number of nitrogens with one attached hydrogen (secondary N) is 1. The Kier molecular flexibility index (Phi) is 5.26. The molecule has 0 unspecified atom stereocenters. The van der Waals surface area contributed by atoms with Gasteiger partial charge in [0, 0.05) is 18.4 Å². The van der Waals surface area contributed by atoms with E-state index in [1.165, 1.54) is 11.1 Å². The van der Waals surface area contributed by atoms with Gasteiger partial charge in [0.1, 0.15) is 0 Å². The van der Waals surface area contributed by atoms with Gasteiger partial charge in [-0.25, -0.2) is 0 Å². The van der Waals surface area contributed by atoms with Crippen LogP contribution in [0.15, 0.2) is 54.7 Å². The van der Waals surface area contributed by atoms with E-state index in [0.29, 0.717) is 17.9 Å². The Bertz CT molecular complexity index is 995. The molecule has 0 spiro atoms. The summed E-state index contributed by atoms with van der Waals surface area (Å²) in [5.74, 6) is -1.16. The molecule has 1 amide bonds. The van der Waals surface area contributed by atoms with Gasteiger partial charge in [-0.05, 0) is 79.8 Å². The molecule has 0 aliphatic heterocycles. The quantitative estimate of drug-likeness (QED) is 0.534. The first-order valence-electron chi connectivity index (χ1n) is 8.99. The summed E-state index contributed by atoms with van der Waals surface area (Å²) < 4.78 is 1.81. The zero-order valence-corrected chi connectivity index (χ0v) is 16.2. The average Bonchev–Trinajstić information content (AvgIpc) is 3.04. The lowest BCUT2D eigenvalue weighted by molar-refractivity contribution is -0.112. The topological polar surface area (TPSA) is 51.1 Å². The Balaban J connectivity index is 1.78. The fraction of sp³-hybridized carbons (Fsp3) is 0.217. The van der Waals surface area contributed by atoms with Gasteiger partial charge < -0.3 is 9.88 Å². The molecule has 0 saturated heterocycles. The summed E-state index contributed by atoms with van der Waals surface area (Å²) in [7, 11) is 0. The maximum absolute atomic E-state index is 12.7. The number of hydrogen-bond acceptors (Lipinski definition) is 2. The summed E-state index contributed by atoms with van der Waals surface area (Å²) in [5.41, 5.74) is 6.63. The maximum Gasteiger partial charge on any atom is 0.298 e. The van der Waals surface area contributed by atoms with Gasteiger partial charge in [0.15, 0.2) is 0 Å². The molecule has 4 nitrogen and oxygen atoms in total. The highest BCUT2D eigenvalue weighted by Crippen LogP contribution is 2.16. The highest BCUT2D eigenvalue weighted by atomic mass is 16.2. The smallest absolute Gasteiger partial charge is 0.298 e. The molecule has 0 radical (unpaired) electrons. The number of rotatable bonds is 5. The van der Waals surface area contributed by atoms with E-state index in [9.17, 15) is 9.59 Å². The molecule has 1 aromatic heterocycles. The molecule has 3 aromatic rings. The third-order valence-corrected chi connectivity index (χ3v) is 4.67. The van der Waals surface area contributed by atoms with Crippen molar-refractivity contribution in [2.75, 3.05) is 5.32 Å². The first-order chi connectivity index (χ1) is 12.8. The van der Waals surface area contributed by atoms with E-state index in [-0.39, 0.29) is 0 Å². The van der Waals surface area contributed by atoms with E-state index < -0.39 is 11.7 Å². The van der Waals surface area contributed by atoms with Crippen molar-refractivity contribution in [3.63, 3.8) is 0 Å². The minimum Gasteiger partial charge on any atom is -0.340 e. The Morgan fingerprint density at radius 3 is 2.26 bits per heavy atom. The summed E-state index contributed by atoms with van der Waals surface area (Å²) in [6, 6.07) is 15.4. The van der Waals surface area contributed by atoms with E-state index in [4.69, 9.17) is 0 Å². The highest BCUT2D eigenvalue weighted by Gasteiger charge is 2.20. The molecule has 3 rings (SSSR count). The van der Waals surface area contributed by atoms with Crippen molar-refractivity contribution in [2.45, 2.75) is 34.2 Å². The molecule has 0 atom stereocenters. The Hall–Kier alpha value is -3.14. The van der Waals surface area contributed by atoms with Crippen molar-refractivity contribution in [2.24, 2.45) is 0 Å². The maximum atomic E-state index is 12.7. The third kappa shape index (κ3) is 4.34. The van der Waals surface area contributed by atoms with Crippen LogP contribution in [0.25, 0.3) is 0 Å². The predicted octanol–water partition coefficient (Wildman–Crippen LogP) is 4.59. The van der Waals surface area contributed by atoms with Crippen molar-refractivity contribution in [3.8, 4) is 0 Å². The van der Waals surface area contributed by atoms with E-state index >= 15 is 0 Å². The van der Waals surface area contributed by atoms with Gasteiger partial charge in [-0.2, -0.15) is 0 Å². The second kappa shape index (κ2) is 7.62. The van der Waals surface area contributed by atoms with Gasteiger partial charge in [0.25, 0.3) is 11.7 Å². The number of carbonyl (C=O) groups excluding carboxylic acids is 2. The third-order valence-electron chi connectivity index (χ3n) is 4.67. The van der Waals surface area contributed by atoms with Crippen LogP contribution >= 0.6 is 0 Å². The normalized spacial score (nSPS) is 10.7. The summed E-state index contributed by atoms with van der Waals surface area (Å²) in [6.45, 7) is 8.60. The zero-order valence-electron chi connectivity index (χ0n) is 16.2. The average molecular weight is 360 g/mol. The molecule has 2 aromatic carbocycles. The first-order valence-corrected chi connectivity index (χ1v) is 8.99. The number of benzene rings is 2. The van der Waals surface area contributed by atoms with Gasteiger partial charge in [-0.15, -0.1) is 0 Å². The summed E-state index contributed by atoms with van der Waals surface area (Å²) in [6.07, 6.45) is 1.83. The SMILES string of the molecule is Cc1cc(C)cc(NC(=O)C(=O)c2cccn2Cc2ccc(C)c(C)c2)c1. The number of Topliss-reactive ketones (excluding diaryl/α,β-unsaturated/α-hetero) is 1. The standard InChI is InChI=1S/C23H24N2O2/c1-15-10-16(2)12-20(11-15)24-23(27)22(26)21-6-5-9-25(21)14-19-8-7-17(3)18(4)13-19/h5-13H,14H2,1-4H3,(H,24,27). The molecular formula is C23H24N2O2. The molecular weight excluding hydrogens is 336 g/mol. The molecule has 0 bridgehead atoms. The van der Waals surface area contributed by atoms with Crippen LogP contribution in [0.4, 0.5) is 5.69 Å². The van der Waals surface area contributed by atoms with Crippen LogP contribution in [-0.2, 0) is 11.3 Å². The lowest BCUT2D eigenvalue weighted by atomic mass is 10.1. The van der Waals surface area contributed by atoms with Crippen molar-refractivity contribution < 1.29 is 9.59 Å². The van der Waals surface area contributed by atoms with Crippen molar-refractivity contribution >= 4 is 17.4 Å². The Morgan fingerprint density at radius 2 is 1.59 bits per heavy atom. The minimum atomic E-state index is -0.625.